The monoisotopic (exact) mass is 341 g/mol. The van der Waals surface area contributed by atoms with Gasteiger partial charge in [0.15, 0.2) is 0 Å². The molecule has 0 atom stereocenters. The van der Waals surface area contributed by atoms with E-state index in [-0.39, 0.29) is 23.1 Å². The number of sulfonamides is 1. The van der Waals surface area contributed by atoms with Crippen molar-refractivity contribution in [1.29, 1.82) is 0 Å². The van der Waals surface area contributed by atoms with E-state index in [2.05, 4.69) is 20.7 Å². The average Bonchev–Trinajstić information content (AvgIpc) is 2.23. The van der Waals surface area contributed by atoms with Gasteiger partial charge >= 0.3 is 0 Å². The van der Waals surface area contributed by atoms with Gasteiger partial charge in [0.1, 0.15) is 4.90 Å². The second-order valence-electron chi connectivity index (χ2n) is 3.51. The summed E-state index contributed by atoms with van der Waals surface area (Å²) in [6.45, 7) is 1.91. The van der Waals surface area contributed by atoms with Crippen molar-refractivity contribution in [2.45, 2.75) is 18.2 Å². The molecule has 1 aromatic carbocycles. The molecule has 7 heteroatoms. The third-order valence-corrected chi connectivity index (χ3v) is 4.91. The lowest BCUT2D eigenvalue weighted by atomic mass is 10.2. The van der Waals surface area contributed by atoms with E-state index < -0.39 is 10.0 Å². The van der Waals surface area contributed by atoms with Crippen LogP contribution in [0.15, 0.2) is 21.5 Å². The van der Waals surface area contributed by atoms with Crippen LogP contribution in [0.2, 0.25) is 5.02 Å². The molecular formula is C10H13BrClNO3S. The molecule has 0 heterocycles. The summed E-state index contributed by atoms with van der Waals surface area (Å²) in [7, 11) is -3.62. The first-order chi connectivity index (χ1) is 7.88. The molecule has 0 unspecified atom stereocenters. The highest BCUT2D eigenvalue weighted by atomic mass is 79.9. The largest absolute Gasteiger partial charge is 0.396 e. The number of aliphatic hydroxyl groups is 1. The third kappa shape index (κ3) is 3.93. The molecule has 4 nitrogen and oxygen atoms in total. The van der Waals surface area contributed by atoms with Gasteiger partial charge in [-0.05, 0) is 31.0 Å². The number of nitrogens with one attached hydrogen (secondary N) is 1. The first kappa shape index (κ1) is 14.9. The Hall–Kier alpha value is -0.140. The van der Waals surface area contributed by atoms with Gasteiger partial charge in [-0.3, -0.25) is 0 Å². The Morgan fingerprint density at radius 2 is 2.12 bits per heavy atom. The minimum atomic E-state index is -3.62. The summed E-state index contributed by atoms with van der Waals surface area (Å²) in [5.74, 6) is 0. The first-order valence-corrected chi connectivity index (χ1v) is 7.60. The van der Waals surface area contributed by atoms with Crippen molar-refractivity contribution in [3.8, 4) is 0 Å². The molecule has 0 saturated heterocycles. The molecule has 1 aromatic rings. The zero-order valence-corrected chi connectivity index (χ0v) is 12.4. The van der Waals surface area contributed by atoms with Crippen LogP contribution in [0, 0.1) is 6.92 Å². The zero-order valence-electron chi connectivity index (χ0n) is 9.20. The van der Waals surface area contributed by atoms with E-state index in [1.807, 2.05) is 0 Å². The van der Waals surface area contributed by atoms with Gasteiger partial charge in [0.2, 0.25) is 10.0 Å². The van der Waals surface area contributed by atoms with Crippen LogP contribution in [-0.4, -0.2) is 26.7 Å². The van der Waals surface area contributed by atoms with E-state index in [4.69, 9.17) is 16.7 Å². The van der Waals surface area contributed by atoms with Gasteiger partial charge in [0, 0.05) is 17.6 Å². The summed E-state index contributed by atoms with van der Waals surface area (Å²) < 4.78 is 26.9. The molecule has 96 valence electrons. The molecule has 0 amide bonds. The fraction of sp³-hybridized carbons (Fsp3) is 0.400. The predicted octanol–water partition coefficient (Wildman–Crippen LogP) is 2.07. The predicted molar refractivity (Wildman–Crippen MR) is 70.8 cm³/mol. The number of hydrogen-bond donors (Lipinski definition) is 2. The van der Waals surface area contributed by atoms with E-state index in [0.29, 0.717) is 6.42 Å². The molecule has 0 bridgehead atoms. The fourth-order valence-electron chi connectivity index (χ4n) is 1.20. The van der Waals surface area contributed by atoms with Crippen LogP contribution in [0.1, 0.15) is 12.0 Å². The van der Waals surface area contributed by atoms with Crippen molar-refractivity contribution in [2.24, 2.45) is 0 Å². The SMILES string of the molecule is Cc1cc(S(=O)(=O)NCCCO)c(Cl)cc1Br. The van der Waals surface area contributed by atoms with Crippen molar-refractivity contribution in [1.82, 2.24) is 4.72 Å². The highest BCUT2D eigenvalue weighted by molar-refractivity contribution is 9.10. The average molecular weight is 343 g/mol. The molecule has 0 radical (unpaired) electrons. The van der Waals surface area contributed by atoms with E-state index in [1.165, 1.54) is 6.07 Å². The summed E-state index contributed by atoms with van der Waals surface area (Å²) in [4.78, 5) is 0.0535. The highest BCUT2D eigenvalue weighted by Crippen LogP contribution is 2.28. The summed E-state index contributed by atoms with van der Waals surface area (Å²) in [6.07, 6.45) is 0.367. The van der Waals surface area contributed by atoms with Gasteiger partial charge < -0.3 is 5.11 Å². The van der Waals surface area contributed by atoms with E-state index in [0.717, 1.165) is 10.0 Å². The summed E-state index contributed by atoms with van der Waals surface area (Å²) in [6, 6.07) is 3.06. The van der Waals surface area contributed by atoms with Crippen LogP contribution in [-0.2, 0) is 10.0 Å². The van der Waals surface area contributed by atoms with Crippen LogP contribution in [0.4, 0.5) is 0 Å². The summed E-state index contributed by atoms with van der Waals surface area (Å²) in [5, 5.41) is 8.77. The van der Waals surface area contributed by atoms with E-state index in [1.54, 1.807) is 13.0 Å². The molecule has 0 aliphatic heterocycles. The maximum absolute atomic E-state index is 11.9. The van der Waals surface area contributed by atoms with E-state index in [9.17, 15) is 8.42 Å². The van der Waals surface area contributed by atoms with Crippen LogP contribution in [0.5, 0.6) is 0 Å². The maximum atomic E-state index is 11.9. The lowest BCUT2D eigenvalue weighted by Gasteiger charge is -2.09. The molecule has 0 fully saturated rings. The number of aryl methyl sites for hydroxylation is 1. The number of benzene rings is 1. The lowest BCUT2D eigenvalue weighted by molar-refractivity contribution is 0.289. The fourth-order valence-corrected chi connectivity index (χ4v) is 3.36. The second kappa shape index (κ2) is 6.15. The second-order valence-corrected chi connectivity index (χ2v) is 6.50. The molecule has 0 aliphatic carbocycles. The van der Waals surface area contributed by atoms with Gasteiger partial charge in [0.25, 0.3) is 0 Å². The van der Waals surface area contributed by atoms with Crippen molar-refractivity contribution in [3.05, 3.63) is 27.2 Å². The summed E-state index contributed by atoms with van der Waals surface area (Å²) in [5.41, 5.74) is 0.789. The number of aliphatic hydroxyl groups excluding tert-OH is 1. The molecule has 0 saturated carbocycles. The standard InChI is InChI=1S/C10H13BrClNO3S/c1-7-5-10(9(12)6-8(7)11)17(15,16)13-3-2-4-14/h5-6,13-14H,2-4H2,1H3. The molecule has 0 aliphatic rings. The molecule has 2 N–H and O–H groups in total. The normalized spacial score (nSPS) is 11.8. The number of halogens is 2. The van der Waals surface area contributed by atoms with Gasteiger partial charge in [0.05, 0.1) is 5.02 Å². The first-order valence-electron chi connectivity index (χ1n) is 4.94. The van der Waals surface area contributed by atoms with Crippen molar-refractivity contribution in [3.63, 3.8) is 0 Å². The minimum Gasteiger partial charge on any atom is -0.396 e. The van der Waals surface area contributed by atoms with Crippen molar-refractivity contribution in [2.75, 3.05) is 13.2 Å². The van der Waals surface area contributed by atoms with Gasteiger partial charge in [-0.2, -0.15) is 0 Å². The molecule has 0 aromatic heterocycles. The van der Waals surface area contributed by atoms with Crippen LogP contribution >= 0.6 is 27.5 Å². The highest BCUT2D eigenvalue weighted by Gasteiger charge is 2.18. The molecular weight excluding hydrogens is 330 g/mol. The topological polar surface area (TPSA) is 66.4 Å². The van der Waals surface area contributed by atoms with Crippen molar-refractivity contribution >= 4 is 37.6 Å². The molecule has 17 heavy (non-hydrogen) atoms. The molecule has 0 spiro atoms. The van der Waals surface area contributed by atoms with Crippen LogP contribution in [0.3, 0.4) is 0 Å². The van der Waals surface area contributed by atoms with Crippen molar-refractivity contribution < 1.29 is 13.5 Å². The minimum absolute atomic E-state index is 0.0535. The lowest BCUT2D eigenvalue weighted by Crippen LogP contribution is -2.25. The summed E-state index contributed by atoms with van der Waals surface area (Å²) >= 11 is 9.18. The number of rotatable bonds is 5. The van der Waals surface area contributed by atoms with Gasteiger partial charge in [-0.15, -0.1) is 0 Å². The van der Waals surface area contributed by atoms with Crippen LogP contribution in [0.25, 0.3) is 0 Å². The zero-order chi connectivity index (χ0) is 13.1. The smallest absolute Gasteiger partial charge is 0.242 e. The Labute approximate surface area is 114 Å². The maximum Gasteiger partial charge on any atom is 0.242 e. The Morgan fingerprint density at radius 3 is 2.71 bits per heavy atom. The van der Waals surface area contributed by atoms with Gasteiger partial charge in [-0.25, -0.2) is 13.1 Å². The number of hydrogen-bond acceptors (Lipinski definition) is 3. The molecule has 1 rings (SSSR count). The van der Waals surface area contributed by atoms with Gasteiger partial charge in [-0.1, -0.05) is 27.5 Å². The Morgan fingerprint density at radius 1 is 1.47 bits per heavy atom. The van der Waals surface area contributed by atoms with E-state index >= 15 is 0 Å². The Balaban J connectivity index is 3.03. The Kier molecular flexibility index (Phi) is 5.40. The Bertz CT molecular complexity index is 505. The quantitative estimate of drug-likeness (QED) is 0.805. The van der Waals surface area contributed by atoms with Crippen LogP contribution < -0.4 is 4.72 Å². The third-order valence-electron chi connectivity index (χ3n) is 2.13.